The molecule has 4 bridgehead atoms. The van der Waals surface area contributed by atoms with E-state index in [-0.39, 0.29) is 17.3 Å². The van der Waals surface area contributed by atoms with Crippen molar-refractivity contribution in [3.63, 3.8) is 0 Å². The molecule has 5 nitrogen and oxygen atoms in total. The molecule has 4 saturated carbocycles. The molecule has 158 valence electrons. The first-order valence-electron chi connectivity index (χ1n) is 10.5. The van der Waals surface area contributed by atoms with Gasteiger partial charge in [-0.3, -0.25) is 14.5 Å². The first-order chi connectivity index (χ1) is 14.4. The molecule has 5 aliphatic rings. The first-order valence-corrected chi connectivity index (χ1v) is 11.7. The summed E-state index contributed by atoms with van der Waals surface area (Å²) in [6, 6.07) is 5.40. The SMILES string of the molecule is COc1cc(/C=C2\SC(=S)N(C)C2=O)ccc1OC(=O)C12CC3CC(CC(C3)C1)C2. The van der Waals surface area contributed by atoms with Crippen LogP contribution in [0, 0.1) is 23.2 Å². The maximum atomic E-state index is 13.3. The molecule has 4 aliphatic carbocycles. The predicted octanol–water partition coefficient (Wildman–Crippen LogP) is 4.65. The molecule has 0 spiro atoms. The molecule has 0 unspecified atom stereocenters. The summed E-state index contributed by atoms with van der Waals surface area (Å²) in [5.41, 5.74) is 0.489. The van der Waals surface area contributed by atoms with Crippen LogP contribution in [-0.4, -0.2) is 35.3 Å². The van der Waals surface area contributed by atoms with E-state index in [0.29, 0.717) is 38.5 Å². The number of rotatable bonds is 4. The van der Waals surface area contributed by atoms with Gasteiger partial charge < -0.3 is 9.47 Å². The fourth-order valence-electron chi connectivity index (χ4n) is 6.12. The fraction of sp³-hybridized carbons (Fsp3) is 0.522. The summed E-state index contributed by atoms with van der Waals surface area (Å²) in [5, 5.41) is 0. The Hall–Kier alpha value is -1.86. The fourth-order valence-corrected chi connectivity index (χ4v) is 7.30. The van der Waals surface area contributed by atoms with Crippen LogP contribution in [-0.2, 0) is 9.59 Å². The van der Waals surface area contributed by atoms with Gasteiger partial charge in [0.15, 0.2) is 11.5 Å². The van der Waals surface area contributed by atoms with Gasteiger partial charge in [0.05, 0.1) is 17.4 Å². The molecule has 0 aromatic heterocycles. The molecule has 1 heterocycles. The quantitative estimate of drug-likeness (QED) is 0.292. The number of carbonyl (C=O) groups is 2. The van der Waals surface area contributed by atoms with Crippen LogP contribution in [0.5, 0.6) is 11.5 Å². The molecule has 1 aliphatic heterocycles. The van der Waals surface area contributed by atoms with E-state index in [9.17, 15) is 9.59 Å². The minimum absolute atomic E-state index is 0.0977. The Bertz CT molecular complexity index is 935. The highest BCUT2D eigenvalue weighted by Gasteiger charge is 2.55. The second-order valence-corrected chi connectivity index (χ2v) is 10.9. The van der Waals surface area contributed by atoms with E-state index in [1.54, 1.807) is 32.4 Å². The van der Waals surface area contributed by atoms with Crippen LogP contribution in [0.4, 0.5) is 0 Å². The van der Waals surface area contributed by atoms with E-state index in [1.807, 2.05) is 6.07 Å². The molecule has 0 radical (unpaired) electrons. The van der Waals surface area contributed by atoms with Gasteiger partial charge in [0, 0.05) is 7.05 Å². The molecule has 1 saturated heterocycles. The number of nitrogens with zero attached hydrogens (tertiary/aromatic N) is 1. The zero-order valence-electron chi connectivity index (χ0n) is 17.2. The zero-order valence-corrected chi connectivity index (χ0v) is 18.8. The maximum absolute atomic E-state index is 13.3. The van der Waals surface area contributed by atoms with E-state index in [2.05, 4.69) is 0 Å². The van der Waals surface area contributed by atoms with Gasteiger partial charge in [0.1, 0.15) is 4.32 Å². The van der Waals surface area contributed by atoms with Gasteiger partial charge >= 0.3 is 5.97 Å². The van der Waals surface area contributed by atoms with Crippen molar-refractivity contribution in [2.24, 2.45) is 23.2 Å². The van der Waals surface area contributed by atoms with Gasteiger partial charge in [-0.15, -0.1) is 0 Å². The van der Waals surface area contributed by atoms with Gasteiger partial charge in [-0.05, 0) is 80.1 Å². The summed E-state index contributed by atoms with van der Waals surface area (Å²) in [5.74, 6) is 2.79. The topological polar surface area (TPSA) is 55.8 Å². The number of benzene rings is 1. The van der Waals surface area contributed by atoms with Gasteiger partial charge in [-0.25, -0.2) is 0 Å². The van der Waals surface area contributed by atoms with Crippen LogP contribution >= 0.6 is 24.0 Å². The number of hydrogen-bond acceptors (Lipinski definition) is 6. The van der Waals surface area contributed by atoms with Crippen molar-refractivity contribution < 1.29 is 19.1 Å². The molecule has 5 fully saturated rings. The summed E-state index contributed by atoms with van der Waals surface area (Å²) in [6.07, 6.45) is 8.55. The van der Waals surface area contributed by atoms with Crippen LogP contribution in [0.3, 0.4) is 0 Å². The minimum atomic E-state index is -0.312. The number of methoxy groups -OCH3 is 1. The average Bonchev–Trinajstić information content (AvgIpc) is 2.94. The predicted molar refractivity (Wildman–Crippen MR) is 120 cm³/mol. The van der Waals surface area contributed by atoms with Crippen molar-refractivity contribution in [1.29, 1.82) is 0 Å². The van der Waals surface area contributed by atoms with Crippen LogP contribution in [0.1, 0.15) is 44.1 Å². The Morgan fingerprint density at radius 1 is 1.17 bits per heavy atom. The van der Waals surface area contributed by atoms with E-state index in [4.69, 9.17) is 21.7 Å². The third-order valence-corrected chi connectivity index (χ3v) is 8.63. The third kappa shape index (κ3) is 3.36. The van der Waals surface area contributed by atoms with Crippen molar-refractivity contribution in [2.75, 3.05) is 14.2 Å². The lowest BCUT2D eigenvalue weighted by atomic mass is 9.49. The molecule has 0 atom stereocenters. The van der Waals surface area contributed by atoms with E-state index in [0.717, 1.165) is 24.8 Å². The van der Waals surface area contributed by atoms with Crippen LogP contribution in [0.2, 0.25) is 0 Å². The van der Waals surface area contributed by atoms with Crippen molar-refractivity contribution in [2.45, 2.75) is 38.5 Å². The second-order valence-electron chi connectivity index (χ2n) is 9.24. The Kier molecular flexibility index (Phi) is 4.93. The molecule has 7 heteroatoms. The van der Waals surface area contributed by atoms with E-state index in [1.165, 1.54) is 35.9 Å². The summed E-state index contributed by atoms with van der Waals surface area (Å²) >= 11 is 6.46. The standard InChI is InChI=1S/C23H25NO4S2/c1-24-20(25)19(30-22(24)29)9-13-3-4-17(18(8-13)27-2)28-21(26)23-10-14-5-15(11-23)7-16(6-14)12-23/h3-4,8-9,14-16H,5-7,10-12H2,1-2H3/b19-9-. The molecule has 30 heavy (non-hydrogen) atoms. The number of carbonyl (C=O) groups excluding carboxylic acids is 2. The van der Waals surface area contributed by atoms with Gasteiger partial charge in [0.25, 0.3) is 5.91 Å². The van der Waals surface area contributed by atoms with Crippen LogP contribution < -0.4 is 9.47 Å². The molecule has 6 rings (SSSR count). The Morgan fingerprint density at radius 2 is 1.80 bits per heavy atom. The Balaban J connectivity index is 1.36. The van der Waals surface area contributed by atoms with Gasteiger partial charge in [-0.2, -0.15) is 0 Å². The number of ether oxygens (including phenoxy) is 2. The zero-order chi connectivity index (χ0) is 21.0. The second kappa shape index (κ2) is 7.38. The van der Waals surface area contributed by atoms with Crippen molar-refractivity contribution in [3.05, 3.63) is 28.7 Å². The van der Waals surface area contributed by atoms with Crippen molar-refractivity contribution in [3.8, 4) is 11.5 Å². The average molecular weight is 444 g/mol. The lowest BCUT2D eigenvalue weighted by Gasteiger charge is -2.55. The summed E-state index contributed by atoms with van der Waals surface area (Å²) < 4.78 is 12.0. The number of thiocarbonyl (C=S) groups is 1. The van der Waals surface area contributed by atoms with Gasteiger partial charge in [-0.1, -0.05) is 30.0 Å². The van der Waals surface area contributed by atoms with Crippen LogP contribution in [0.25, 0.3) is 6.08 Å². The molecule has 1 aromatic rings. The third-order valence-electron chi connectivity index (χ3n) is 7.15. The number of esters is 1. The van der Waals surface area contributed by atoms with Crippen LogP contribution in [0.15, 0.2) is 23.1 Å². The Morgan fingerprint density at radius 3 is 2.33 bits per heavy atom. The molecular weight excluding hydrogens is 418 g/mol. The highest BCUT2D eigenvalue weighted by atomic mass is 32.2. The van der Waals surface area contributed by atoms with Crippen molar-refractivity contribution in [1.82, 2.24) is 4.90 Å². The molecule has 1 aromatic carbocycles. The summed E-state index contributed by atoms with van der Waals surface area (Å²) in [6.45, 7) is 0. The number of hydrogen-bond donors (Lipinski definition) is 0. The lowest BCUT2D eigenvalue weighted by Crippen LogP contribution is -2.51. The number of likely N-dealkylation sites (N-methyl/N-ethyl adjacent to an activating group) is 1. The Labute approximate surface area is 186 Å². The van der Waals surface area contributed by atoms with Crippen molar-refractivity contribution >= 4 is 46.3 Å². The van der Waals surface area contributed by atoms with Gasteiger partial charge in [0.2, 0.25) is 0 Å². The maximum Gasteiger partial charge on any atom is 0.317 e. The minimum Gasteiger partial charge on any atom is -0.493 e. The molecular formula is C23H25NO4S2. The normalized spacial score (nSPS) is 33.5. The smallest absolute Gasteiger partial charge is 0.317 e. The lowest BCUT2D eigenvalue weighted by molar-refractivity contribution is -0.161. The molecule has 0 N–H and O–H groups in total. The number of thioether (sulfide) groups is 1. The first kappa shape index (κ1) is 20.1. The number of amides is 1. The highest BCUT2D eigenvalue weighted by molar-refractivity contribution is 8.26. The van der Waals surface area contributed by atoms with E-state index >= 15 is 0 Å². The largest absolute Gasteiger partial charge is 0.493 e. The highest BCUT2D eigenvalue weighted by Crippen LogP contribution is 2.60. The summed E-state index contributed by atoms with van der Waals surface area (Å²) in [4.78, 5) is 27.5. The van der Waals surface area contributed by atoms with E-state index < -0.39 is 0 Å². The summed E-state index contributed by atoms with van der Waals surface area (Å²) in [7, 11) is 3.23. The monoisotopic (exact) mass is 443 g/mol. The molecule has 1 amide bonds.